The Kier molecular flexibility index (Phi) is 4.39. The van der Waals surface area contributed by atoms with E-state index in [1.807, 2.05) is 35.1 Å². The van der Waals surface area contributed by atoms with Gasteiger partial charge in [0, 0.05) is 17.7 Å². The van der Waals surface area contributed by atoms with Crippen LogP contribution in [-0.4, -0.2) is 26.0 Å². The zero-order chi connectivity index (χ0) is 19.1. The Balaban J connectivity index is 1.80. The molecule has 0 aliphatic carbocycles. The fraction of sp³-hybridized carbons (Fsp3) is 0.391. The summed E-state index contributed by atoms with van der Waals surface area (Å²) in [5, 5.41) is 5.01. The minimum atomic E-state index is -0.159. The van der Waals surface area contributed by atoms with Gasteiger partial charge in [0.15, 0.2) is 5.82 Å². The summed E-state index contributed by atoms with van der Waals surface area (Å²) in [7, 11) is 0. The van der Waals surface area contributed by atoms with Gasteiger partial charge in [-0.1, -0.05) is 36.4 Å². The van der Waals surface area contributed by atoms with Crippen LogP contribution in [0.4, 0.5) is 0 Å². The molecule has 1 aliphatic heterocycles. The molecule has 0 unspecified atom stereocenters. The molecule has 0 N–H and O–H groups in total. The lowest BCUT2D eigenvalue weighted by Gasteiger charge is -2.45. The van der Waals surface area contributed by atoms with E-state index in [1.165, 1.54) is 0 Å². The van der Waals surface area contributed by atoms with Gasteiger partial charge < -0.3 is 4.74 Å². The van der Waals surface area contributed by atoms with Gasteiger partial charge in [-0.15, -0.1) is 0 Å². The SMILES string of the molecule is CC1(C)CC(c2cc(-c3ccccc3)n(-c3ccccn3)n2)CC(C)(C)O1. The lowest BCUT2D eigenvalue weighted by atomic mass is 9.79. The van der Waals surface area contributed by atoms with Crippen LogP contribution in [0.2, 0.25) is 0 Å². The summed E-state index contributed by atoms with van der Waals surface area (Å²) in [5.74, 6) is 1.20. The minimum Gasteiger partial charge on any atom is -0.370 e. The Hall–Kier alpha value is -2.46. The van der Waals surface area contributed by atoms with Gasteiger partial charge in [-0.3, -0.25) is 0 Å². The highest BCUT2D eigenvalue weighted by molar-refractivity contribution is 5.62. The van der Waals surface area contributed by atoms with Crippen molar-refractivity contribution >= 4 is 0 Å². The van der Waals surface area contributed by atoms with E-state index in [1.54, 1.807) is 0 Å². The van der Waals surface area contributed by atoms with E-state index in [0.29, 0.717) is 5.92 Å². The average molecular weight is 361 g/mol. The van der Waals surface area contributed by atoms with Crippen LogP contribution in [0.3, 0.4) is 0 Å². The number of hydrogen-bond acceptors (Lipinski definition) is 3. The number of aromatic nitrogens is 3. The standard InChI is InChI=1S/C23H27N3O/c1-22(2)15-18(16-23(3,4)27-22)19-14-20(17-10-6-5-7-11-17)26(25-19)21-12-8-9-13-24-21/h5-14,18H,15-16H2,1-4H3. The zero-order valence-corrected chi connectivity index (χ0v) is 16.5. The molecule has 0 amide bonds. The molecule has 0 atom stereocenters. The van der Waals surface area contributed by atoms with Gasteiger partial charge in [0.25, 0.3) is 0 Å². The van der Waals surface area contributed by atoms with Crippen LogP contribution in [0.15, 0.2) is 60.8 Å². The van der Waals surface area contributed by atoms with Gasteiger partial charge in [-0.05, 0) is 58.7 Å². The first-order valence-electron chi connectivity index (χ1n) is 9.60. The van der Waals surface area contributed by atoms with Crippen LogP contribution in [0, 0.1) is 0 Å². The van der Waals surface area contributed by atoms with Crippen molar-refractivity contribution in [2.45, 2.75) is 57.7 Å². The summed E-state index contributed by atoms with van der Waals surface area (Å²) < 4.78 is 8.24. The molecule has 3 heterocycles. The van der Waals surface area contributed by atoms with Crippen LogP contribution in [0.5, 0.6) is 0 Å². The molecule has 4 heteroatoms. The highest BCUT2D eigenvalue weighted by atomic mass is 16.5. The van der Waals surface area contributed by atoms with Crippen molar-refractivity contribution in [3.05, 3.63) is 66.5 Å². The van der Waals surface area contributed by atoms with Gasteiger partial charge >= 0.3 is 0 Å². The van der Waals surface area contributed by atoms with Crippen LogP contribution in [0.1, 0.15) is 52.1 Å². The molecule has 1 fully saturated rings. The molecular formula is C23H27N3O. The first kappa shape index (κ1) is 17.9. The molecule has 1 aromatic carbocycles. The highest BCUT2D eigenvalue weighted by Gasteiger charge is 2.40. The Labute approximate surface area is 161 Å². The molecule has 1 saturated heterocycles. The second-order valence-electron chi connectivity index (χ2n) is 8.65. The van der Waals surface area contributed by atoms with E-state index in [4.69, 9.17) is 9.84 Å². The van der Waals surface area contributed by atoms with Gasteiger partial charge in [-0.2, -0.15) is 5.10 Å². The lowest BCUT2D eigenvalue weighted by Crippen LogP contribution is -2.44. The lowest BCUT2D eigenvalue weighted by molar-refractivity contribution is -0.162. The maximum absolute atomic E-state index is 6.27. The summed E-state index contributed by atoms with van der Waals surface area (Å²) >= 11 is 0. The second-order valence-corrected chi connectivity index (χ2v) is 8.65. The normalized spacial score (nSPS) is 19.1. The van der Waals surface area contributed by atoms with Gasteiger partial charge in [0.2, 0.25) is 0 Å². The number of rotatable bonds is 3. The van der Waals surface area contributed by atoms with Crippen molar-refractivity contribution in [3.63, 3.8) is 0 Å². The molecule has 0 bridgehead atoms. The number of pyridine rings is 1. The molecule has 27 heavy (non-hydrogen) atoms. The van der Waals surface area contributed by atoms with Gasteiger partial charge in [-0.25, -0.2) is 9.67 Å². The third-order valence-electron chi connectivity index (χ3n) is 5.11. The molecule has 4 nitrogen and oxygen atoms in total. The van der Waals surface area contributed by atoms with E-state index < -0.39 is 0 Å². The van der Waals surface area contributed by atoms with E-state index in [-0.39, 0.29) is 11.2 Å². The summed E-state index contributed by atoms with van der Waals surface area (Å²) in [6.07, 6.45) is 3.74. The van der Waals surface area contributed by atoms with Crippen molar-refractivity contribution in [3.8, 4) is 17.1 Å². The topological polar surface area (TPSA) is 39.9 Å². The molecule has 0 radical (unpaired) electrons. The third kappa shape index (κ3) is 3.81. The molecule has 2 aromatic heterocycles. The van der Waals surface area contributed by atoms with Crippen LogP contribution in [0.25, 0.3) is 17.1 Å². The smallest absolute Gasteiger partial charge is 0.153 e. The molecule has 4 rings (SSSR count). The summed E-state index contributed by atoms with van der Waals surface area (Å²) in [5.41, 5.74) is 3.02. The summed E-state index contributed by atoms with van der Waals surface area (Å²) in [4.78, 5) is 4.53. The fourth-order valence-electron chi connectivity index (χ4n) is 4.37. The van der Waals surface area contributed by atoms with E-state index >= 15 is 0 Å². The maximum Gasteiger partial charge on any atom is 0.153 e. The minimum absolute atomic E-state index is 0.159. The van der Waals surface area contributed by atoms with Crippen molar-refractivity contribution in [2.75, 3.05) is 0 Å². The molecule has 0 saturated carbocycles. The average Bonchev–Trinajstić information content (AvgIpc) is 3.06. The number of hydrogen-bond donors (Lipinski definition) is 0. The number of nitrogens with zero attached hydrogens (tertiary/aromatic N) is 3. The third-order valence-corrected chi connectivity index (χ3v) is 5.11. The Morgan fingerprint density at radius 3 is 2.22 bits per heavy atom. The Morgan fingerprint density at radius 2 is 1.59 bits per heavy atom. The van der Waals surface area contributed by atoms with E-state index in [2.05, 4.69) is 63.0 Å². The van der Waals surface area contributed by atoms with E-state index in [0.717, 1.165) is 35.6 Å². The van der Waals surface area contributed by atoms with Crippen molar-refractivity contribution in [1.29, 1.82) is 0 Å². The fourth-order valence-corrected chi connectivity index (χ4v) is 4.37. The highest BCUT2D eigenvalue weighted by Crippen LogP contribution is 2.43. The zero-order valence-electron chi connectivity index (χ0n) is 16.5. The van der Waals surface area contributed by atoms with Gasteiger partial charge in [0.1, 0.15) is 0 Å². The van der Waals surface area contributed by atoms with Gasteiger partial charge in [0.05, 0.1) is 22.6 Å². The Morgan fingerprint density at radius 1 is 0.926 bits per heavy atom. The molecule has 1 aliphatic rings. The molecule has 140 valence electrons. The monoisotopic (exact) mass is 361 g/mol. The quantitative estimate of drug-likeness (QED) is 0.628. The first-order valence-corrected chi connectivity index (χ1v) is 9.60. The molecule has 0 spiro atoms. The van der Waals surface area contributed by atoms with Crippen LogP contribution >= 0.6 is 0 Å². The predicted molar refractivity (Wildman–Crippen MR) is 108 cm³/mol. The largest absolute Gasteiger partial charge is 0.370 e. The maximum atomic E-state index is 6.27. The second kappa shape index (κ2) is 6.61. The van der Waals surface area contributed by atoms with Crippen LogP contribution < -0.4 is 0 Å². The summed E-state index contributed by atoms with van der Waals surface area (Å²) in [6, 6.07) is 18.6. The number of ether oxygens (including phenoxy) is 1. The van der Waals surface area contributed by atoms with Crippen LogP contribution in [-0.2, 0) is 4.74 Å². The molecular weight excluding hydrogens is 334 g/mol. The number of benzene rings is 1. The predicted octanol–water partition coefficient (Wildman–Crippen LogP) is 5.39. The Bertz CT molecular complexity index is 840. The van der Waals surface area contributed by atoms with E-state index in [9.17, 15) is 0 Å². The summed E-state index contributed by atoms with van der Waals surface area (Å²) in [6.45, 7) is 8.70. The van der Waals surface area contributed by atoms with Crippen molar-refractivity contribution < 1.29 is 4.74 Å². The van der Waals surface area contributed by atoms with Crippen molar-refractivity contribution in [2.24, 2.45) is 0 Å². The van der Waals surface area contributed by atoms with Crippen molar-refractivity contribution in [1.82, 2.24) is 14.8 Å². The first-order chi connectivity index (χ1) is 12.8. The molecule has 3 aromatic rings.